The Hall–Kier alpha value is -2.17. The number of hydrogen-bond donors (Lipinski definition) is 2. The van der Waals surface area contributed by atoms with Gasteiger partial charge in [0.05, 0.1) is 11.8 Å². The van der Waals surface area contributed by atoms with Crippen molar-refractivity contribution in [2.45, 2.75) is 19.9 Å². The van der Waals surface area contributed by atoms with Crippen LogP contribution >= 0.6 is 11.3 Å². The van der Waals surface area contributed by atoms with E-state index in [1.54, 1.807) is 6.92 Å². The van der Waals surface area contributed by atoms with Crippen LogP contribution < -0.4 is 10.6 Å². The minimum absolute atomic E-state index is 0.179. The molecule has 0 atom stereocenters. The van der Waals surface area contributed by atoms with Crippen LogP contribution in [0.5, 0.6) is 0 Å². The Balaban J connectivity index is 1.92. The summed E-state index contributed by atoms with van der Waals surface area (Å²) in [4.78, 5) is 13.2. The molecule has 20 heavy (non-hydrogen) atoms. The number of nitrogens with one attached hydrogen (secondary N) is 2. The maximum Gasteiger partial charge on any atom is 0.295 e. The van der Waals surface area contributed by atoms with Gasteiger partial charge in [-0.05, 0) is 25.5 Å². The summed E-state index contributed by atoms with van der Waals surface area (Å²) in [6.45, 7) is 3.35. The molecular weight excluding hydrogens is 276 g/mol. The topological polar surface area (TPSA) is 91.0 Å². The van der Waals surface area contributed by atoms with Gasteiger partial charge in [-0.3, -0.25) is 4.79 Å². The predicted molar refractivity (Wildman–Crippen MR) is 73.6 cm³/mol. The van der Waals surface area contributed by atoms with Crippen LogP contribution in [0.15, 0.2) is 10.7 Å². The van der Waals surface area contributed by atoms with Crippen molar-refractivity contribution in [3.8, 4) is 6.07 Å². The van der Waals surface area contributed by atoms with E-state index in [-0.39, 0.29) is 11.7 Å². The number of aromatic nitrogens is 1. The molecule has 1 aliphatic heterocycles. The highest BCUT2D eigenvalue weighted by atomic mass is 32.1. The summed E-state index contributed by atoms with van der Waals surface area (Å²) < 4.78 is 4.92. The first-order chi connectivity index (χ1) is 9.70. The van der Waals surface area contributed by atoms with Crippen molar-refractivity contribution in [1.82, 2.24) is 10.5 Å². The Morgan fingerprint density at radius 1 is 1.65 bits per heavy atom. The number of nitriles is 1. The average molecular weight is 288 g/mol. The summed E-state index contributed by atoms with van der Waals surface area (Å²) in [6, 6.07) is 2.19. The molecule has 6 nitrogen and oxygen atoms in total. The van der Waals surface area contributed by atoms with E-state index >= 15 is 0 Å². The number of carbonyl (C=O) groups is 1. The maximum absolute atomic E-state index is 12.1. The van der Waals surface area contributed by atoms with E-state index in [1.165, 1.54) is 17.5 Å². The molecule has 0 unspecified atom stereocenters. The van der Waals surface area contributed by atoms with Gasteiger partial charge in [0.2, 0.25) is 5.76 Å². The number of aryl methyl sites for hydroxylation is 1. The zero-order valence-electron chi connectivity index (χ0n) is 10.8. The lowest BCUT2D eigenvalue weighted by atomic mass is 10.1. The molecule has 0 fully saturated rings. The van der Waals surface area contributed by atoms with Gasteiger partial charge in [0.25, 0.3) is 5.91 Å². The third kappa shape index (κ3) is 2.09. The van der Waals surface area contributed by atoms with Crippen molar-refractivity contribution in [2.75, 3.05) is 11.9 Å². The first-order valence-corrected chi connectivity index (χ1v) is 7.00. The number of amides is 1. The summed E-state index contributed by atoms with van der Waals surface area (Å²) in [6.07, 6.45) is 2.30. The van der Waals surface area contributed by atoms with Gasteiger partial charge in [0, 0.05) is 17.0 Å². The van der Waals surface area contributed by atoms with Gasteiger partial charge >= 0.3 is 0 Å². The quantitative estimate of drug-likeness (QED) is 0.879. The summed E-state index contributed by atoms with van der Waals surface area (Å²) in [7, 11) is 0. The molecule has 0 saturated heterocycles. The Kier molecular flexibility index (Phi) is 3.26. The zero-order chi connectivity index (χ0) is 14.1. The number of nitrogens with zero attached hydrogens (tertiary/aromatic N) is 2. The second kappa shape index (κ2) is 5.07. The molecule has 2 N–H and O–H groups in total. The second-order valence-electron chi connectivity index (χ2n) is 4.54. The molecule has 0 aromatic carbocycles. The number of carbonyl (C=O) groups excluding carboxylic acids is 1. The van der Waals surface area contributed by atoms with E-state index in [0.29, 0.717) is 16.1 Å². The number of anilines is 1. The van der Waals surface area contributed by atoms with E-state index in [2.05, 4.69) is 21.9 Å². The van der Waals surface area contributed by atoms with Gasteiger partial charge in [-0.1, -0.05) is 5.16 Å². The first-order valence-electron chi connectivity index (χ1n) is 6.18. The SMILES string of the molecule is Cc1cnoc1C(=O)Nc1sc2c(c1C#N)CCNC2. The highest BCUT2D eigenvalue weighted by Gasteiger charge is 2.23. The molecule has 2 aromatic rings. The summed E-state index contributed by atoms with van der Waals surface area (Å²) in [5.74, 6) is -0.193. The summed E-state index contributed by atoms with van der Waals surface area (Å²) in [5, 5.41) is 19.5. The molecule has 0 spiro atoms. The normalized spacial score (nSPS) is 13.6. The van der Waals surface area contributed by atoms with Crippen molar-refractivity contribution >= 4 is 22.2 Å². The number of fused-ring (bicyclic) bond motifs is 1. The van der Waals surface area contributed by atoms with Crippen LogP contribution in [0.3, 0.4) is 0 Å². The third-order valence-corrected chi connectivity index (χ3v) is 4.37. The molecule has 2 aromatic heterocycles. The molecule has 3 rings (SSSR count). The second-order valence-corrected chi connectivity index (χ2v) is 5.64. The fourth-order valence-corrected chi connectivity index (χ4v) is 3.37. The molecule has 0 radical (unpaired) electrons. The highest BCUT2D eigenvalue weighted by Crippen LogP contribution is 2.35. The van der Waals surface area contributed by atoms with Crippen molar-refractivity contribution in [2.24, 2.45) is 0 Å². The minimum Gasteiger partial charge on any atom is -0.351 e. The molecule has 1 aliphatic rings. The van der Waals surface area contributed by atoms with Crippen molar-refractivity contribution in [3.05, 3.63) is 33.5 Å². The number of hydrogen-bond acceptors (Lipinski definition) is 6. The van der Waals surface area contributed by atoms with E-state index in [9.17, 15) is 10.1 Å². The lowest BCUT2D eigenvalue weighted by Crippen LogP contribution is -2.22. The van der Waals surface area contributed by atoms with Gasteiger partial charge in [-0.15, -0.1) is 11.3 Å². The molecule has 7 heteroatoms. The zero-order valence-corrected chi connectivity index (χ0v) is 11.6. The van der Waals surface area contributed by atoms with E-state index in [1.807, 2.05) is 0 Å². The lowest BCUT2D eigenvalue weighted by molar-refractivity contribution is 0.0987. The predicted octanol–water partition coefficient (Wildman–Crippen LogP) is 1.81. The van der Waals surface area contributed by atoms with Crippen molar-refractivity contribution in [3.63, 3.8) is 0 Å². The Labute approximate surface area is 119 Å². The smallest absolute Gasteiger partial charge is 0.295 e. The van der Waals surface area contributed by atoms with Gasteiger partial charge in [0.1, 0.15) is 11.1 Å². The Bertz CT molecular complexity index is 711. The van der Waals surface area contributed by atoms with Gasteiger partial charge in [-0.2, -0.15) is 5.26 Å². The molecule has 0 bridgehead atoms. The van der Waals surface area contributed by atoms with Crippen LogP contribution in [0, 0.1) is 18.3 Å². The van der Waals surface area contributed by atoms with Crippen LogP contribution in [0.2, 0.25) is 0 Å². The van der Waals surface area contributed by atoms with E-state index < -0.39 is 0 Å². The van der Waals surface area contributed by atoms with Gasteiger partial charge in [-0.25, -0.2) is 0 Å². The van der Waals surface area contributed by atoms with Crippen LogP contribution in [0.1, 0.15) is 32.1 Å². The van der Waals surface area contributed by atoms with Crippen molar-refractivity contribution < 1.29 is 9.32 Å². The highest BCUT2D eigenvalue weighted by molar-refractivity contribution is 7.16. The molecule has 1 amide bonds. The van der Waals surface area contributed by atoms with E-state index in [4.69, 9.17) is 4.52 Å². The van der Waals surface area contributed by atoms with Gasteiger partial charge in [0.15, 0.2) is 0 Å². The van der Waals surface area contributed by atoms with Crippen LogP contribution in [0.4, 0.5) is 5.00 Å². The Morgan fingerprint density at radius 2 is 2.50 bits per heavy atom. The third-order valence-electron chi connectivity index (χ3n) is 3.22. The first kappa shape index (κ1) is 12.8. The average Bonchev–Trinajstić information content (AvgIpc) is 3.01. The standard InChI is InChI=1S/C13H12N4O2S/c1-7-5-16-19-11(7)12(18)17-13-9(4-14)8-2-3-15-6-10(8)20-13/h5,15H,2-3,6H2,1H3,(H,17,18). The van der Waals surface area contributed by atoms with Crippen LogP contribution in [0.25, 0.3) is 0 Å². The molecular formula is C13H12N4O2S. The lowest BCUT2D eigenvalue weighted by Gasteiger charge is -2.11. The molecule has 0 saturated carbocycles. The van der Waals surface area contributed by atoms with Crippen LogP contribution in [-0.2, 0) is 13.0 Å². The molecule has 0 aliphatic carbocycles. The monoisotopic (exact) mass is 288 g/mol. The minimum atomic E-state index is -0.372. The van der Waals surface area contributed by atoms with Crippen molar-refractivity contribution in [1.29, 1.82) is 5.26 Å². The largest absolute Gasteiger partial charge is 0.351 e. The van der Waals surface area contributed by atoms with E-state index in [0.717, 1.165) is 30.0 Å². The summed E-state index contributed by atoms with van der Waals surface area (Å²) >= 11 is 1.44. The van der Waals surface area contributed by atoms with Gasteiger partial charge < -0.3 is 15.2 Å². The maximum atomic E-state index is 12.1. The summed E-state index contributed by atoms with van der Waals surface area (Å²) in [5.41, 5.74) is 2.28. The fourth-order valence-electron chi connectivity index (χ4n) is 2.21. The molecule has 102 valence electrons. The number of rotatable bonds is 2. The number of thiophene rings is 1. The Morgan fingerprint density at radius 3 is 3.20 bits per heavy atom. The van der Waals surface area contributed by atoms with Crippen LogP contribution in [-0.4, -0.2) is 17.6 Å². The molecule has 3 heterocycles. The fraction of sp³-hybridized carbons (Fsp3) is 0.308.